The first-order chi connectivity index (χ1) is 6.68. The summed E-state index contributed by atoms with van der Waals surface area (Å²) in [6, 6.07) is 5.01. The van der Waals surface area contributed by atoms with Gasteiger partial charge in [-0.3, -0.25) is 0 Å². The molecule has 0 radical (unpaired) electrons. The second-order valence-electron chi connectivity index (χ2n) is 3.93. The first-order valence-corrected chi connectivity index (χ1v) is 5.67. The number of hydrogen-bond donors (Lipinski definition) is 1. The Balaban J connectivity index is 2.16. The molecule has 1 aromatic carbocycles. The molecule has 0 aromatic heterocycles. The van der Waals surface area contributed by atoms with Gasteiger partial charge in [-0.25, -0.2) is 4.39 Å². The van der Waals surface area contributed by atoms with E-state index in [1.165, 1.54) is 18.9 Å². The lowest BCUT2D eigenvalue weighted by Gasteiger charge is -2.13. The van der Waals surface area contributed by atoms with Gasteiger partial charge in [0.05, 0.1) is 4.47 Å². The van der Waals surface area contributed by atoms with Crippen LogP contribution in [0, 0.1) is 11.7 Å². The van der Waals surface area contributed by atoms with Crippen LogP contribution in [0.25, 0.3) is 0 Å². The molecule has 0 amide bonds. The van der Waals surface area contributed by atoms with Gasteiger partial charge < -0.3 is 5.73 Å². The van der Waals surface area contributed by atoms with E-state index in [1.54, 1.807) is 6.07 Å². The highest BCUT2D eigenvalue weighted by atomic mass is 79.9. The standard InChI is InChI=1S/C11H13BrFN/c12-11-8(2-1-3-9(11)13)10(14)6-7-4-5-7/h1-3,7,10H,4-6,14H2/t10-/m0/s1. The summed E-state index contributed by atoms with van der Waals surface area (Å²) in [6.07, 6.45) is 3.53. The number of benzene rings is 1. The van der Waals surface area contributed by atoms with Gasteiger partial charge in [-0.1, -0.05) is 25.0 Å². The predicted octanol–water partition coefficient (Wildman–Crippen LogP) is 3.39. The lowest BCUT2D eigenvalue weighted by Crippen LogP contribution is -2.12. The van der Waals surface area contributed by atoms with Gasteiger partial charge in [-0.15, -0.1) is 0 Å². The Labute approximate surface area is 91.6 Å². The minimum absolute atomic E-state index is 0.0347. The van der Waals surface area contributed by atoms with E-state index in [0.29, 0.717) is 4.47 Å². The van der Waals surface area contributed by atoms with Crippen LogP contribution < -0.4 is 5.73 Å². The summed E-state index contributed by atoms with van der Waals surface area (Å²) in [6.45, 7) is 0. The van der Waals surface area contributed by atoms with E-state index in [0.717, 1.165) is 17.9 Å². The van der Waals surface area contributed by atoms with Crippen LogP contribution in [-0.2, 0) is 0 Å². The van der Waals surface area contributed by atoms with Gasteiger partial charge in [0, 0.05) is 6.04 Å². The van der Waals surface area contributed by atoms with Crippen LogP contribution in [-0.4, -0.2) is 0 Å². The number of halogens is 2. The van der Waals surface area contributed by atoms with Crippen LogP contribution >= 0.6 is 15.9 Å². The maximum absolute atomic E-state index is 13.2. The fourth-order valence-corrected chi connectivity index (χ4v) is 2.20. The largest absolute Gasteiger partial charge is 0.324 e. The summed E-state index contributed by atoms with van der Waals surface area (Å²) >= 11 is 3.24. The maximum Gasteiger partial charge on any atom is 0.137 e. The van der Waals surface area contributed by atoms with Crippen LogP contribution in [0.15, 0.2) is 22.7 Å². The lowest BCUT2D eigenvalue weighted by molar-refractivity contribution is 0.577. The molecule has 2 rings (SSSR count). The second-order valence-corrected chi connectivity index (χ2v) is 4.72. The van der Waals surface area contributed by atoms with E-state index < -0.39 is 0 Å². The van der Waals surface area contributed by atoms with Crippen molar-refractivity contribution in [3.8, 4) is 0 Å². The Kier molecular flexibility index (Phi) is 2.88. The number of rotatable bonds is 3. The Morgan fingerprint density at radius 3 is 2.86 bits per heavy atom. The van der Waals surface area contributed by atoms with Gasteiger partial charge in [0.1, 0.15) is 5.82 Å². The van der Waals surface area contributed by atoms with Gasteiger partial charge in [0.2, 0.25) is 0 Å². The molecule has 2 N–H and O–H groups in total. The highest BCUT2D eigenvalue weighted by molar-refractivity contribution is 9.10. The minimum Gasteiger partial charge on any atom is -0.324 e. The van der Waals surface area contributed by atoms with Gasteiger partial charge in [0.25, 0.3) is 0 Å². The summed E-state index contributed by atoms with van der Waals surface area (Å²) in [7, 11) is 0. The van der Waals surface area contributed by atoms with Crippen molar-refractivity contribution < 1.29 is 4.39 Å². The SMILES string of the molecule is N[C@@H](CC1CC1)c1cccc(F)c1Br. The second kappa shape index (κ2) is 3.99. The van der Waals surface area contributed by atoms with Crippen molar-refractivity contribution in [2.75, 3.05) is 0 Å². The van der Waals surface area contributed by atoms with E-state index in [4.69, 9.17) is 5.73 Å². The molecule has 0 saturated heterocycles. The molecule has 1 aliphatic rings. The maximum atomic E-state index is 13.2. The zero-order valence-corrected chi connectivity index (χ0v) is 9.43. The third-order valence-electron chi connectivity index (χ3n) is 2.67. The van der Waals surface area contributed by atoms with E-state index in [2.05, 4.69) is 15.9 Å². The van der Waals surface area contributed by atoms with Gasteiger partial charge in [0.15, 0.2) is 0 Å². The first kappa shape index (κ1) is 10.1. The fraction of sp³-hybridized carbons (Fsp3) is 0.455. The predicted molar refractivity (Wildman–Crippen MR) is 58.4 cm³/mol. The van der Waals surface area contributed by atoms with E-state index in [9.17, 15) is 4.39 Å². The Morgan fingerprint density at radius 1 is 1.50 bits per heavy atom. The molecule has 0 unspecified atom stereocenters. The number of nitrogens with two attached hydrogens (primary N) is 1. The lowest BCUT2D eigenvalue weighted by atomic mass is 10.0. The van der Waals surface area contributed by atoms with Crippen molar-refractivity contribution in [2.24, 2.45) is 11.7 Å². The highest BCUT2D eigenvalue weighted by Gasteiger charge is 2.25. The quantitative estimate of drug-likeness (QED) is 0.883. The van der Waals surface area contributed by atoms with Crippen LogP contribution in [0.1, 0.15) is 30.9 Å². The average Bonchev–Trinajstić information content (AvgIpc) is 2.93. The molecule has 0 spiro atoms. The van der Waals surface area contributed by atoms with Crippen molar-refractivity contribution in [3.05, 3.63) is 34.1 Å². The molecule has 14 heavy (non-hydrogen) atoms. The summed E-state index contributed by atoms with van der Waals surface area (Å²) in [5.74, 6) is 0.536. The molecule has 0 bridgehead atoms. The van der Waals surface area contributed by atoms with Crippen LogP contribution in [0.2, 0.25) is 0 Å². The normalized spacial score (nSPS) is 18.2. The van der Waals surface area contributed by atoms with Crippen LogP contribution in [0.4, 0.5) is 4.39 Å². The third kappa shape index (κ3) is 2.15. The molecule has 1 nitrogen and oxygen atoms in total. The Bertz CT molecular complexity index is 336. The summed E-state index contributed by atoms with van der Waals surface area (Å²) in [5, 5.41) is 0. The topological polar surface area (TPSA) is 26.0 Å². The molecule has 1 atom stereocenters. The smallest absolute Gasteiger partial charge is 0.137 e. The summed E-state index contributed by atoms with van der Waals surface area (Å²) < 4.78 is 13.7. The molecular weight excluding hydrogens is 245 g/mol. The summed E-state index contributed by atoms with van der Waals surface area (Å²) in [4.78, 5) is 0. The van der Waals surface area contributed by atoms with E-state index in [-0.39, 0.29) is 11.9 Å². The molecule has 1 aromatic rings. The zero-order chi connectivity index (χ0) is 10.1. The van der Waals surface area contributed by atoms with Gasteiger partial charge >= 0.3 is 0 Å². The van der Waals surface area contributed by atoms with E-state index in [1.807, 2.05) is 6.07 Å². The Hall–Kier alpha value is -0.410. The van der Waals surface area contributed by atoms with Crippen LogP contribution in [0.5, 0.6) is 0 Å². The molecule has 1 aliphatic carbocycles. The van der Waals surface area contributed by atoms with E-state index >= 15 is 0 Å². The molecule has 1 fully saturated rings. The van der Waals surface area contributed by atoms with Crippen molar-refractivity contribution in [1.82, 2.24) is 0 Å². The van der Waals surface area contributed by atoms with Gasteiger partial charge in [-0.2, -0.15) is 0 Å². The van der Waals surface area contributed by atoms with Crippen molar-refractivity contribution in [2.45, 2.75) is 25.3 Å². The monoisotopic (exact) mass is 257 g/mol. The van der Waals surface area contributed by atoms with Gasteiger partial charge in [-0.05, 0) is 39.9 Å². The molecule has 0 heterocycles. The molecular formula is C11H13BrFN. The highest BCUT2D eigenvalue weighted by Crippen LogP contribution is 2.38. The minimum atomic E-state index is -0.228. The fourth-order valence-electron chi connectivity index (χ4n) is 1.65. The first-order valence-electron chi connectivity index (χ1n) is 4.88. The summed E-state index contributed by atoms with van der Waals surface area (Å²) in [5.41, 5.74) is 6.90. The third-order valence-corrected chi connectivity index (χ3v) is 3.50. The van der Waals surface area contributed by atoms with Crippen molar-refractivity contribution in [1.29, 1.82) is 0 Å². The molecule has 3 heteroatoms. The zero-order valence-electron chi connectivity index (χ0n) is 7.84. The Morgan fingerprint density at radius 2 is 2.21 bits per heavy atom. The number of hydrogen-bond acceptors (Lipinski definition) is 1. The van der Waals surface area contributed by atoms with Crippen molar-refractivity contribution >= 4 is 15.9 Å². The molecule has 0 aliphatic heterocycles. The molecule has 1 saturated carbocycles. The average molecular weight is 258 g/mol. The van der Waals surface area contributed by atoms with Crippen molar-refractivity contribution in [3.63, 3.8) is 0 Å². The van der Waals surface area contributed by atoms with Crippen LogP contribution in [0.3, 0.4) is 0 Å². The molecule has 76 valence electrons.